The Morgan fingerprint density at radius 1 is 0.912 bits per heavy atom. The third-order valence-electron chi connectivity index (χ3n) is 5.72. The van der Waals surface area contributed by atoms with Crippen molar-refractivity contribution in [1.29, 1.82) is 0 Å². The maximum atomic E-state index is 13.4. The van der Waals surface area contributed by atoms with Crippen molar-refractivity contribution < 1.29 is 0 Å². The number of anilines is 1. The van der Waals surface area contributed by atoms with Gasteiger partial charge in [0.2, 0.25) is 5.95 Å². The first-order valence-electron chi connectivity index (χ1n) is 10.7. The van der Waals surface area contributed by atoms with Gasteiger partial charge in [0.1, 0.15) is 11.0 Å². The van der Waals surface area contributed by atoms with Gasteiger partial charge in [-0.05, 0) is 54.1 Å². The molecule has 0 aliphatic carbocycles. The Morgan fingerprint density at radius 2 is 1.71 bits per heavy atom. The molecular weight excluding hydrogens is 466 g/mol. The van der Waals surface area contributed by atoms with Crippen molar-refractivity contribution in [1.82, 2.24) is 19.1 Å². The topological polar surface area (TPSA) is 64.7 Å². The van der Waals surface area contributed by atoms with Crippen LogP contribution in [0.2, 0.25) is 5.02 Å². The van der Waals surface area contributed by atoms with Crippen molar-refractivity contribution in [2.45, 2.75) is 0 Å². The molecule has 8 heteroatoms. The van der Waals surface area contributed by atoms with Gasteiger partial charge in [-0.1, -0.05) is 41.9 Å². The number of aromatic nitrogens is 4. The van der Waals surface area contributed by atoms with Gasteiger partial charge in [-0.3, -0.25) is 13.9 Å². The predicted octanol–water partition coefficient (Wildman–Crippen LogP) is 6.15. The highest BCUT2D eigenvalue weighted by molar-refractivity contribution is 7.22. The highest BCUT2D eigenvalue weighted by Crippen LogP contribution is 2.32. The zero-order valence-corrected chi connectivity index (χ0v) is 19.6. The van der Waals surface area contributed by atoms with Crippen molar-refractivity contribution in [3.8, 4) is 21.8 Å². The number of nitrogens with one attached hydrogen (secondary N) is 1. The molecular formula is C26H18ClN5OS. The lowest BCUT2D eigenvalue weighted by atomic mass is 10.2. The van der Waals surface area contributed by atoms with E-state index in [9.17, 15) is 4.79 Å². The maximum absolute atomic E-state index is 13.4. The van der Waals surface area contributed by atoms with Gasteiger partial charge in [0.15, 0.2) is 0 Å². The van der Waals surface area contributed by atoms with Crippen molar-refractivity contribution in [3.05, 3.63) is 101 Å². The quantitative estimate of drug-likeness (QED) is 0.326. The molecule has 0 fully saturated rings. The number of fused-ring (bicyclic) bond motifs is 2. The molecule has 0 radical (unpaired) electrons. The monoisotopic (exact) mass is 483 g/mol. The van der Waals surface area contributed by atoms with Crippen LogP contribution in [-0.2, 0) is 0 Å². The van der Waals surface area contributed by atoms with E-state index in [1.807, 2.05) is 85.9 Å². The number of para-hydroxylation sites is 1. The van der Waals surface area contributed by atoms with Gasteiger partial charge in [-0.25, -0.2) is 9.97 Å². The van der Waals surface area contributed by atoms with Crippen LogP contribution in [0, 0.1) is 0 Å². The molecule has 0 bridgehead atoms. The fourth-order valence-electron chi connectivity index (χ4n) is 4.08. The smallest absolute Gasteiger partial charge is 0.275 e. The molecule has 0 atom stereocenters. The normalized spacial score (nSPS) is 11.4. The molecule has 0 spiro atoms. The molecule has 1 N–H and O–H groups in total. The molecule has 0 aliphatic rings. The third kappa shape index (κ3) is 3.37. The van der Waals surface area contributed by atoms with Crippen LogP contribution in [-0.4, -0.2) is 26.1 Å². The largest absolute Gasteiger partial charge is 0.358 e. The molecule has 6 nitrogen and oxygen atoms in total. The zero-order chi connectivity index (χ0) is 23.2. The Morgan fingerprint density at radius 3 is 2.47 bits per heavy atom. The minimum absolute atomic E-state index is 0.106. The average Bonchev–Trinajstić information content (AvgIpc) is 3.47. The summed E-state index contributed by atoms with van der Waals surface area (Å²) in [6.07, 6.45) is 1.58. The Hall–Kier alpha value is -3.94. The number of thiophene rings is 1. The van der Waals surface area contributed by atoms with Gasteiger partial charge in [-0.2, -0.15) is 0 Å². The highest BCUT2D eigenvalue weighted by atomic mass is 35.5. The lowest BCUT2D eigenvalue weighted by molar-refractivity contribution is 0.968. The van der Waals surface area contributed by atoms with Crippen molar-refractivity contribution in [3.63, 3.8) is 0 Å². The van der Waals surface area contributed by atoms with Crippen LogP contribution in [0.25, 0.3) is 43.1 Å². The predicted molar refractivity (Wildman–Crippen MR) is 140 cm³/mol. The standard InChI is InChI=1S/C26H18ClN5OS/c1-28-26-30-20-13-19(11-12-22(20)32(26)18-5-3-2-4-6-18)31-15-29-21-14-23(34-24(21)25(31)33)16-7-9-17(27)10-8-16/h2-15H,1H3,(H,28,30). The molecule has 0 amide bonds. The molecule has 3 aromatic carbocycles. The van der Waals surface area contributed by atoms with Gasteiger partial charge < -0.3 is 5.32 Å². The van der Waals surface area contributed by atoms with Crippen LogP contribution in [0.3, 0.4) is 0 Å². The number of halogens is 1. The SMILES string of the molecule is CNc1nc2cc(-n3cnc4cc(-c5ccc(Cl)cc5)sc4c3=O)ccc2n1-c1ccccc1. The fraction of sp³-hybridized carbons (Fsp3) is 0.0385. The molecule has 0 unspecified atom stereocenters. The third-order valence-corrected chi connectivity index (χ3v) is 7.13. The minimum atomic E-state index is -0.106. The maximum Gasteiger partial charge on any atom is 0.275 e. The van der Waals surface area contributed by atoms with Crippen LogP contribution in [0.5, 0.6) is 0 Å². The van der Waals surface area contributed by atoms with Crippen LogP contribution in [0.4, 0.5) is 5.95 Å². The second-order valence-electron chi connectivity index (χ2n) is 7.78. The first kappa shape index (κ1) is 20.7. The van der Waals surface area contributed by atoms with E-state index < -0.39 is 0 Å². The van der Waals surface area contributed by atoms with Crippen LogP contribution in [0.15, 0.2) is 90.0 Å². The molecule has 166 valence electrons. The number of hydrogen-bond donors (Lipinski definition) is 1. The van der Waals surface area contributed by atoms with E-state index in [0.717, 1.165) is 33.1 Å². The summed E-state index contributed by atoms with van der Waals surface area (Å²) in [6.45, 7) is 0. The van der Waals surface area contributed by atoms with Crippen LogP contribution >= 0.6 is 22.9 Å². The zero-order valence-electron chi connectivity index (χ0n) is 18.1. The van der Waals surface area contributed by atoms with Crippen LogP contribution < -0.4 is 10.9 Å². The Bertz CT molecular complexity index is 1720. The van der Waals surface area contributed by atoms with Crippen molar-refractivity contribution in [2.24, 2.45) is 0 Å². The van der Waals surface area contributed by atoms with E-state index in [2.05, 4.69) is 14.9 Å². The molecule has 6 aromatic rings. The molecule has 0 saturated heterocycles. The summed E-state index contributed by atoms with van der Waals surface area (Å²) in [5, 5.41) is 3.84. The average molecular weight is 484 g/mol. The van der Waals surface area contributed by atoms with Crippen LogP contribution in [0.1, 0.15) is 0 Å². The molecule has 6 rings (SSSR count). The summed E-state index contributed by atoms with van der Waals surface area (Å²) in [5.41, 5.74) is 5.04. The van der Waals surface area contributed by atoms with Gasteiger partial charge in [0, 0.05) is 22.6 Å². The Balaban J connectivity index is 1.47. The minimum Gasteiger partial charge on any atom is -0.358 e. The molecule has 0 saturated carbocycles. The van der Waals surface area contributed by atoms with Gasteiger partial charge in [-0.15, -0.1) is 11.3 Å². The summed E-state index contributed by atoms with van der Waals surface area (Å²) in [7, 11) is 1.85. The Labute approximate surface area is 203 Å². The summed E-state index contributed by atoms with van der Waals surface area (Å²) >= 11 is 7.45. The highest BCUT2D eigenvalue weighted by Gasteiger charge is 2.15. The molecule has 3 heterocycles. The number of hydrogen-bond acceptors (Lipinski definition) is 5. The number of benzene rings is 3. The summed E-state index contributed by atoms with van der Waals surface area (Å²) in [5.74, 6) is 0.727. The lowest BCUT2D eigenvalue weighted by Crippen LogP contribution is -2.17. The number of imidazole rings is 1. The van der Waals surface area contributed by atoms with E-state index in [4.69, 9.17) is 16.6 Å². The molecule has 3 aromatic heterocycles. The molecule has 34 heavy (non-hydrogen) atoms. The fourth-order valence-corrected chi connectivity index (χ4v) is 5.25. The number of rotatable bonds is 4. The van der Waals surface area contributed by atoms with E-state index in [0.29, 0.717) is 20.9 Å². The van der Waals surface area contributed by atoms with Crippen molar-refractivity contribution in [2.75, 3.05) is 12.4 Å². The van der Waals surface area contributed by atoms with Gasteiger partial charge in [0.05, 0.1) is 22.2 Å². The lowest BCUT2D eigenvalue weighted by Gasteiger charge is -2.09. The molecule has 0 aliphatic heterocycles. The van der Waals surface area contributed by atoms with E-state index >= 15 is 0 Å². The Kier molecular flexibility index (Phi) is 4.94. The van der Waals surface area contributed by atoms with E-state index in [1.165, 1.54) is 11.3 Å². The first-order valence-corrected chi connectivity index (χ1v) is 11.8. The van der Waals surface area contributed by atoms with Gasteiger partial charge >= 0.3 is 0 Å². The van der Waals surface area contributed by atoms with Gasteiger partial charge in [0.25, 0.3) is 5.56 Å². The number of nitrogens with zero attached hydrogens (tertiary/aromatic N) is 4. The van der Waals surface area contributed by atoms with E-state index in [1.54, 1.807) is 10.9 Å². The van der Waals surface area contributed by atoms with Crippen molar-refractivity contribution >= 4 is 50.1 Å². The second kappa shape index (κ2) is 8.13. The summed E-state index contributed by atoms with van der Waals surface area (Å²) in [6, 6.07) is 25.4. The second-order valence-corrected chi connectivity index (χ2v) is 9.27. The summed E-state index contributed by atoms with van der Waals surface area (Å²) < 4.78 is 4.24. The first-order chi connectivity index (χ1) is 16.6. The summed E-state index contributed by atoms with van der Waals surface area (Å²) in [4.78, 5) is 23.7. The van der Waals surface area contributed by atoms with E-state index in [-0.39, 0.29) is 5.56 Å².